The lowest BCUT2D eigenvalue weighted by Gasteiger charge is -2.24. The van der Waals surface area contributed by atoms with Gasteiger partial charge < -0.3 is 11.5 Å². The summed E-state index contributed by atoms with van der Waals surface area (Å²) < 4.78 is -0.651. The number of alkyl halides is 1. The number of aliphatic imine (C=N–C) groups is 1. The molecule has 0 aromatic carbocycles. The van der Waals surface area contributed by atoms with E-state index in [0.29, 0.717) is 0 Å². The second-order valence-electron chi connectivity index (χ2n) is 1.93. The molecule has 0 saturated carbocycles. The van der Waals surface area contributed by atoms with Crippen molar-refractivity contribution < 1.29 is 0 Å². The zero-order valence-electron chi connectivity index (χ0n) is 4.79. The van der Waals surface area contributed by atoms with Crippen molar-refractivity contribution in [3.05, 3.63) is 12.2 Å². The van der Waals surface area contributed by atoms with Crippen LogP contribution in [-0.2, 0) is 0 Å². The van der Waals surface area contributed by atoms with Crippen molar-refractivity contribution in [1.82, 2.24) is 0 Å². The first-order valence-electron chi connectivity index (χ1n) is 2.57. The SMILES string of the molecule is NC1N=CC=CC1(N)Br. The second-order valence-corrected chi connectivity index (χ2v) is 3.30. The number of hydrogen-bond acceptors (Lipinski definition) is 3. The first kappa shape index (κ1) is 6.92. The van der Waals surface area contributed by atoms with E-state index in [1.807, 2.05) is 0 Å². The topological polar surface area (TPSA) is 64.4 Å². The Morgan fingerprint density at radius 1 is 1.67 bits per heavy atom. The summed E-state index contributed by atoms with van der Waals surface area (Å²) in [4.78, 5) is 3.88. The quantitative estimate of drug-likeness (QED) is 0.415. The third kappa shape index (κ3) is 1.38. The smallest absolute Gasteiger partial charge is 0.129 e. The lowest BCUT2D eigenvalue weighted by atomic mass is 10.2. The molecule has 50 valence electrons. The predicted octanol–water partition coefficient (Wildman–Crippen LogP) is -0.0383. The fourth-order valence-corrected chi connectivity index (χ4v) is 0.817. The van der Waals surface area contributed by atoms with Gasteiger partial charge in [-0.15, -0.1) is 0 Å². The van der Waals surface area contributed by atoms with Crippen molar-refractivity contribution in [2.45, 2.75) is 10.6 Å². The minimum absolute atomic E-state index is 0.373. The molecule has 0 saturated heterocycles. The van der Waals surface area contributed by atoms with E-state index in [4.69, 9.17) is 11.5 Å². The van der Waals surface area contributed by atoms with Crippen molar-refractivity contribution in [3.8, 4) is 0 Å². The Kier molecular flexibility index (Phi) is 1.70. The molecule has 1 rings (SSSR count). The number of nitrogens with zero attached hydrogens (tertiary/aromatic N) is 1. The van der Waals surface area contributed by atoms with Gasteiger partial charge in [0.15, 0.2) is 0 Å². The number of allylic oxidation sites excluding steroid dienone is 1. The number of halogens is 1. The first-order valence-corrected chi connectivity index (χ1v) is 3.36. The summed E-state index contributed by atoms with van der Waals surface area (Å²) in [6, 6.07) is 0. The van der Waals surface area contributed by atoms with Crippen molar-refractivity contribution in [2.24, 2.45) is 16.5 Å². The van der Waals surface area contributed by atoms with Crippen LogP contribution in [0.4, 0.5) is 0 Å². The van der Waals surface area contributed by atoms with E-state index >= 15 is 0 Å². The minimum atomic E-state index is -0.651. The normalized spacial score (nSPS) is 41.4. The van der Waals surface area contributed by atoms with Crippen LogP contribution in [0, 0.1) is 0 Å². The fourth-order valence-electron chi connectivity index (χ4n) is 0.546. The highest BCUT2D eigenvalue weighted by atomic mass is 79.9. The molecule has 1 aliphatic rings. The average molecular weight is 190 g/mol. The molecule has 0 aromatic rings. The van der Waals surface area contributed by atoms with Crippen LogP contribution in [0.3, 0.4) is 0 Å². The summed E-state index contributed by atoms with van der Waals surface area (Å²) in [6.07, 6.45) is 4.79. The van der Waals surface area contributed by atoms with Gasteiger partial charge in [-0.2, -0.15) is 0 Å². The molecule has 0 radical (unpaired) electrons. The van der Waals surface area contributed by atoms with Crippen LogP contribution in [0.1, 0.15) is 0 Å². The van der Waals surface area contributed by atoms with Crippen LogP contribution in [-0.4, -0.2) is 16.8 Å². The van der Waals surface area contributed by atoms with E-state index in [1.165, 1.54) is 0 Å². The molecule has 0 aliphatic carbocycles. The molecule has 0 amide bonds. The molecule has 1 aliphatic heterocycles. The molecular weight excluding hydrogens is 182 g/mol. The molecule has 0 spiro atoms. The summed E-state index contributed by atoms with van der Waals surface area (Å²) in [5.41, 5.74) is 11.1. The lowest BCUT2D eigenvalue weighted by molar-refractivity contribution is 0.590. The minimum Gasteiger partial charge on any atom is -0.310 e. The maximum Gasteiger partial charge on any atom is 0.129 e. The van der Waals surface area contributed by atoms with Crippen LogP contribution in [0.5, 0.6) is 0 Å². The summed E-state index contributed by atoms with van der Waals surface area (Å²) >= 11 is 3.21. The molecule has 0 bridgehead atoms. The number of rotatable bonds is 0. The largest absolute Gasteiger partial charge is 0.310 e. The molecule has 4 heteroatoms. The molecule has 3 nitrogen and oxygen atoms in total. The molecule has 2 atom stereocenters. The third-order valence-corrected chi connectivity index (χ3v) is 1.87. The zero-order valence-corrected chi connectivity index (χ0v) is 6.38. The standard InChI is InChI=1S/C5H8BrN3/c6-5(8)2-1-3-9-4(5)7/h1-4H,7-8H2. The van der Waals surface area contributed by atoms with E-state index in [2.05, 4.69) is 20.9 Å². The highest BCUT2D eigenvalue weighted by molar-refractivity contribution is 9.10. The van der Waals surface area contributed by atoms with Crippen molar-refractivity contribution >= 4 is 22.1 Å². The molecule has 4 N–H and O–H groups in total. The van der Waals surface area contributed by atoms with E-state index in [0.717, 1.165) is 0 Å². The monoisotopic (exact) mass is 189 g/mol. The van der Waals surface area contributed by atoms with Crippen LogP contribution in [0.25, 0.3) is 0 Å². The molecule has 9 heavy (non-hydrogen) atoms. The van der Waals surface area contributed by atoms with Gasteiger partial charge in [0, 0.05) is 6.21 Å². The summed E-state index contributed by atoms with van der Waals surface area (Å²) in [6.45, 7) is 0. The van der Waals surface area contributed by atoms with Crippen molar-refractivity contribution in [3.63, 3.8) is 0 Å². The van der Waals surface area contributed by atoms with Gasteiger partial charge in [0.2, 0.25) is 0 Å². The van der Waals surface area contributed by atoms with Crippen LogP contribution < -0.4 is 11.5 Å². The van der Waals surface area contributed by atoms with Crippen molar-refractivity contribution in [1.29, 1.82) is 0 Å². The van der Waals surface area contributed by atoms with Gasteiger partial charge in [-0.1, -0.05) is 15.9 Å². The molecule has 1 heterocycles. The Bertz CT molecular complexity index is 162. The Hall–Kier alpha value is -0.190. The number of hydrogen-bond donors (Lipinski definition) is 2. The Labute approximate surface area is 61.9 Å². The fraction of sp³-hybridized carbons (Fsp3) is 0.400. The molecular formula is C5H8BrN3. The van der Waals surface area contributed by atoms with Crippen LogP contribution in [0.15, 0.2) is 17.1 Å². The lowest BCUT2D eigenvalue weighted by Crippen LogP contribution is -2.48. The zero-order chi connectivity index (χ0) is 6.91. The van der Waals surface area contributed by atoms with Crippen LogP contribution >= 0.6 is 15.9 Å². The number of nitrogens with two attached hydrogens (primary N) is 2. The maximum absolute atomic E-state index is 5.61. The Balaban J connectivity index is 2.78. The van der Waals surface area contributed by atoms with Gasteiger partial charge in [0.05, 0.1) is 0 Å². The Morgan fingerprint density at radius 2 is 2.33 bits per heavy atom. The molecule has 0 aromatic heterocycles. The van der Waals surface area contributed by atoms with Gasteiger partial charge in [0.25, 0.3) is 0 Å². The van der Waals surface area contributed by atoms with Gasteiger partial charge in [-0.25, -0.2) is 0 Å². The van der Waals surface area contributed by atoms with Gasteiger partial charge in [-0.05, 0) is 12.2 Å². The summed E-state index contributed by atoms with van der Waals surface area (Å²) in [7, 11) is 0. The Morgan fingerprint density at radius 3 is 2.67 bits per heavy atom. The molecule has 2 unspecified atom stereocenters. The summed E-state index contributed by atoms with van der Waals surface area (Å²) in [5, 5.41) is 0. The average Bonchev–Trinajstić information content (AvgIpc) is 1.77. The van der Waals surface area contributed by atoms with Crippen LogP contribution in [0.2, 0.25) is 0 Å². The van der Waals surface area contributed by atoms with Gasteiger partial charge in [0.1, 0.15) is 10.6 Å². The first-order chi connectivity index (χ1) is 4.13. The summed E-state index contributed by atoms with van der Waals surface area (Å²) in [5.74, 6) is 0. The van der Waals surface area contributed by atoms with Gasteiger partial charge >= 0.3 is 0 Å². The van der Waals surface area contributed by atoms with E-state index in [1.54, 1.807) is 18.4 Å². The molecule has 0 fully saturated rings. The highest BCUT2D eigenvalue weighted by Crippen LogP contribution is 2.18. The number of dihydropyridines is 1. The van der Waals surface area contributed by atoms with E-state index in [9.17, 15) is 0 Å². The maximum atomic E-state index is 5.61. The van der Waals surface area contributed by atoms with Crippen molar-refractivity contribution in [2.75, 3.05) is 0 Å². The van der Waals surface area contributed by atoms with E-state index < -0.39 is 4.45 Å². The predicted molar refractivity (Wildman–Crippen MR) is 41.5 cm³/mol. The van der Waals surface area contributed by atoms with E-state index in [-0.39, 0.29) is 6.17 Å². The second kappa shape index (κ2) is 2.21. The van der Waals surface area contributed by atoms with Gasteiger partial charge in [-0.3, -0.25) is 4.99 Å². The third-order valence-electron chi connectivity index (χ3n) is 1.14. The highest BCUT2D eigenvalue weighted by Gasteiger charge is 2.26.